The maximum Gasteiger partial charge on any atom is 0.220 e. The number of halogens is 1. The van der Waals surface area contributed by atoms with Crippen LogP contribution in [0, 0.1) is 6.92 Å². The summed E-state index contributed by atoms with van der Waals surface area (Å²) in [5.41, 5.74) is 2.27. The minimum absolute atomic E-state index is 0.141. The molecule has 1 N–H and O–H groups in total. The van der Waals surface area contributed by atoms with Crippen molar-refractivity contribution in [1.29, 1.82) is 0 Å². The first-order chi connectivity index (χ1) is 6.66. The zero-order valence-corrected chi connectivity index (χ0v) is 8.77. The summed E-state index contributed by atoms with van der Waals surface area (Å²) >= 11 is 5.93. The molecule has 1 fully saturated rings. The summed E-state index contributed by atoms with van der Waals surface area (Å²) in [5, 5.41) is 3.61. The van der Waals surface area contributed by atoms with Crippen molar-refractivity contribution in [3.05, 3.63) is 34.3 Å². The van der Waals surface area contributed by atoms with Crippen molar-refractivity contribution in [3.8, 4) is 0 Å². The van der Waals surface area contributed by atoms with Crippen LogP contribution in [0.1, 0.15) is 23.5 Å². The Hall–Kier alpha value is -1.02. The molecular formula is C11H12ClNO. The molecule has 1 saturated heterocycles. The number of nitrogens with one attached hydrogen (secondary N) is 1. The zero-order valence-electron chi connectivity index (χ0n) is 8.01. The summed E-state index contributed by atoms with van der Waals surface area (Å²) in [4.78, 5) is 11.0. The van der Waals surface area contributed by atoms with Crippen molar-refractivity contribution in [3.63, 3.8) is 0 Å². The number of hydrogen-bond donors (Lipinski definition) is 1. The van der Waals surface area contributed by atoms with E-state index in [1.807, 2.05) is 19.1 Å². The van der Waals surface area contributed by atoms with Crippen LogP contribution in [-0.4, -0.2) is 12.5 Å². The molecule has 2 nitrogen and oxygen atoms in total. The topological polar surface area (TPSA) is 29.1 Å². The van der Waals surface area contributed by atoms with Gasteiger partial charge in [-0.3, -0.25) is 4.79 Å². The number of amides is 1. The van der Waals surface area contributed by atoms with Crippen LogP contribution in [0.4, 0.5) is 0 Å². The Morgan fingerprint density at radius 2 is 2.29 bits per heavy atom. The van der Waals surface area contributed by atoms with Gasteiger partial charge in [0.25, 0.3) is 0 Å². The highest BCUT2D eigenvalue weighted by atomic mass is 35.5. The molecule has 14 heavy (non-hydrogen) atoms. The van der Waals surface area contributed by atoms with E-state index in [-0.39, 0.29) is 5.91 Å². The highest BCUT2D eigenvalue weighted by Gasteiger charge is 2.22. The fourth-order valence-electron chi connectivity index (χ4n) is 1.76. The molecule has 0 spiro atoms. The first-order valence-corrected chi connectivity index (χ1v) is 5.07. The van der Waals surface area contributed by atoms with Crippen LogP contribution >= 0.6 is 11.6 Å². The molecule has 0 aliphatic carbocycles. The quantitative estimate of drug-likeness (QED) is 0.755. The van der Waals surface area contributed by atoms with Gasteiger partial charge in [0.15, 0.2) is 0 Å². The van der Waals surface area contributed by atoms with Crippen molar-refractivity contribution in [2.24, 2.45) is 0 Å². The normalized spacial score (nSPS) is 21.0. The third-order valence-electron chi connectivity index (χ3n) is 2.63. The smallest absolute Gasteiger partial charge is 0.220 e. The van der Waals surface area contributed by atoms with Crippen molar-refractivity contribution in [2.45, 2.75) is 19.3 Å². The van der Waals surface area contributed by atoms with Gasteiger partial charge in [-0.15, -0.1) is 0 Å². The monoisotopic (exact) mass is 209 g/mol. The number of carbonyl (C=O) groups is 1. The Balaban J connectivity index is 2.24. The lowest BCUT2D eigenvalue weighted by atomic mass is 9.97. The molecule has 1 heterocycles. The van der Waals surface area contributed by atoms with E-state index < -0.39 is 0 Å². The molecule has 1 unspecified atom stereocenters. The lowest BCUT2D eigenvalue weighted by molar-refractivity contribution is -0.119. The second kappa shape index (κ2) is 3.62. The summed E-state index contributed by atoms with van der Waals surface area (Å²) in [6.45, 7) is 2.73. The molecule has 1 aromatic rings. The number of hydrogen-bond acceptors (Lipinski definition) is 1. The van der Waals surface area contributed by atoms with E-state index >= 15 is 0 Å². The molecule has 3 heteroatoms. The van der Waals surface area contributed by atoms with Gasteiger partial charge in [0.1, 0.15) is 0 Å². The van der Waals surface area contributed by atoms with E-state index in [0.29, 0.717) is 12.3 Å². The van der Waals surface area contributed by atoms with Gasteiger partial charge in [0.05, 0.1) is 0 Å². The van der Waals surface area contributed by atoms with Crippen LogP contribution in [0.15, 0.2) is 18.2 Å². The lowest BCUT2D eigenvalue weighted by Crippen LogP contribution is -2.13. The third kappa shape index (κ3) is 1.75. The SMILES string of the molecule is Cc1cc(C2CNC(=O)C2)ccc1Cl. The molecule has 0 aromatic heterocycles. The highest BCUT2D eigenvalue weighted by molar-refractivity contribution is 6.31. The summed E-state index contributed by atoms with van der Waals surface area (Å²) in [7, 11) is 0. The van der Waals surface area contributed by atoms with E-state index in [1.165, 1.54) is 5.56 Å². The Morgan fingerprint density at radius 3 is 2.86 bits per heavy atom. The van der Waals surface area contributed by atoms with Crippen LogP contribution in [0.3, 0.4) is 0 Å². The van der Waals surface area contributed by atoms with E-state index in [2.05, 4.69) is 11.4 Å². The van der Waals surface area contributed by atoms with Crippen molar-refractivity contribution in [2.75, 3.05) is 6.54 Å². The van der Waals surface area contributed by atoms with E-state index in [1.54, 1.807) is 0 Å². The third-order valence-corrected chi connectivity index (χ3v) is 3.05. The Bertz CT molecular complexity index is 376. The van der Waals surface area contributed by atoms with Crippen LogP contribution in [-0.2, 0) is 4.79 Å². The summed E-state index contributed by atoms with van der Waals surface area (Å²) in [6, 6.07) is 5.96. The molecule has 0 bridgehead atoms. The molecule has 1 aliphatic heterocycles. The Kier molecular flexibility index (Phi) is 2.46. The predicted molar refractivity (Wildman–Crippen MR) is 56.6 cm³/mol. The largest absolute Gasteiger partial charge is 0.355 e. The summed E-state index contributed by atoms with van der Waals surface area (Å²) in [6.07, 6.45) is 0.598. The first kappa shape index (κ1) is 9.53. The minimum atomic E-state index is 0.141. The van der Waals surface area contributed by atoms with Gasteiger partial charge in [0, 0.05) is 23.9 Å². The standard InChI is InChI=1S/C11H12ClNO/c1-7-4-8(2-3-10(7)12)9-5-11(14)13-6-9/h2-4,9H,5-6H2,1H3,(H,13,14). The number of rotatable bonds is 1. The van der Waals surface area contributed by atoms with Crippen LogP contribution < -0.4 is 5.32 Å². The average Bonchev–Trinajstić information content (AvgIpc) is 2.57. The van der Waals surface area contributed by atoms with Gasteiger partial charge in [-0.25, -0.2) is 0 Å². The molecule has 2 rings (SSSR count). The average molecular weight is 210 g/mol. The number of benzene rings is 1. The van der Waals surface area contributed by atoms with Gasteiger partial charge in [-0.05, 0) is 24.1 Å². The van der Waals surface area contributed by atoms with E-state index in [9.17, 15) is 4.79 Å². The van der Waals surface area contributed by atoms with Gasteiger partial charge >= 0.3 is 0 Å². The lowest BCUT2D eigenvalue weighted by Gasteiger charge is -2.09. The molecule has 1 aliphatic rings. The fourth-order valence-corrected chi connectivity index (χ4v) is 1.88. The van der Waals surface area contributed by atoms with E-state index in [4.69, 9.17) is 11.6 Å². The Labute approximate surface area is 88.3 Å². The van der Waals surface area contributed by atoms with Gasteiger partial charge in [-0.1, -0.05) is 23.7 Å². The molecule has 0 saturated carbocycles. The number of aryl methyl sites for hydroxylation is 1. The van der Waals surface area contributed by atoms with Crippen LogP contribution in [0.5, 0.6) is 0 Å². The fraction of sp³-hybridized carbons (Fsp3) is 0.364. The molecule has 1 amide bonds. The molecule has 1 aromatic carbocycles. The second-order valence-electron chi connectivity index (χ2n) is 3.71. The molecule has 0 radical (unpaired) electrons. The first-order valence-electron chi connectivity index (χ1n) is 4.69. The van der Waals surface area contributed by atoms with Gasteiger partial charge in [0.2, 0.25) is 5.91 Å². The summed E-state index contributed by atoms with van der Waals surface area (Å²) < 4.78 is 0. The highest BCUT2D eigenvalue weighted by Crippen LogP contribution is 2.26. The zero-order chi connectivity index (χ0) is 10.1. The maximum atomic E-state index is 11.0. The minimum Gasteiger partial charge on any atom is -0.355 e. The van der Waals surface area contributed by atoms with Crippen molar-refractivity contribution in [1.82, 2.24) is 5.32 Å². The second-order valence-corrected chi connectivity index (χ2v) is 4.12. The van der Waals surface area contributed by atoms with E-state index in [0.717, 1.165) is 17.1 Å². The predicted octanol–water partition coefficient (Wildman–Crippen LogP) is 2.25. The Morgan fingerprint density at radius 1 is 1.50 bits per heavy atom. The van der Waals surface area contributed by atoms with Crippen LogP contribution in [0.2, 0.25) is 5.02 Å². The molecule has 74 valence electrons. The maximum absolute atomic E-state index is 11.0. The van der Waals surface area contributed by atoms with Gasteiger partial charge in [-0.2, -0.15) is 0 Å². The summed E-state index contributed by atoms with van der Waals surface area (Å²) in [5.74, 6) is 0.459. The van der Waals surface area contributed by atoms with Crippen molar-refractivity contribution < 1.29 is 4.79 Å². The molecule has 1 atom stereocenters. The van der Waals surface area contributed by atoms with Gasteiger partial charge < -0.3 is 5.32 Å². The van der Waals surface area contributed by atoms with Crippen molar-refractivity contribution >= 4 is 17.5 Å². The van der Waals surface area contributed by atoms with Crippen LogP contribution in [0.25, 0.3) is 0 Å². The number of carbonyl (C=O) groups excluding carboxylic acids is 1. The molecular weight excluding hydrogens is 198 g/mol.